The van der Waals surface area contributed by atoms with Crippen molar-refractivity contribution in [2.45, 2.75) is 30.3 Å². The molecule has 1 aromatic heterocycles. The van der Waals surface area contributed by atoms with E-state index in [-0.39, 0.29) is 24.4 Å². The van der Waals surface area contributed by atoms with Crippen molar-refractivity contribution in [1.29, 1.82) is 0 Å². The molecule has 0 unspecified atom stereocenters. The summed E-state index contributed by atoms with van der Waals surface area (Å²) in [7, 11) is -4.21. The molecule has 0 spiro atoms. The Kier molecular flexibility index (Phi) is 4.90. The molecule has 4 rings (SSSR count). The van der Waals surface area contributed by atoms with E-state index in [2.05, 4.69) is 10.2 Å². The van der Waals surface area contributed by atoms with Gasteiger partial charge in [0.15, 0.2) is 0 Å². The second-order valence-corrected chi connectivity index (χ2v) is 8.60. The zero-order valence-corrected chi connectivity index (χ0v) is 15.9. The van der Waals surface area contributed by atoms with E-state index in [1.165, 1.54) is 0 Å². The van der Waals surface area contributed by atoms with Crippen LogP contribution in [0.1, 0.15) is 18.7 Å². The van der Waals surface area contributed by atoms with Crippen molar-refractivity contribution in [1.82, 2.24) is 14.5 Å². The Morgan fingerprint density at radius 1 is 1.14 bits per heavy atom. The number of sulfonamides is 1. The Morgan fingerprint density at radius 3 is 2.57 bits per heavy atom. The van der Waals surface area contributed by atoms with Crippen LogP contribution >= 0.6 is 11.6 Å². The molecule has 1 saturated carbocycles. The number of hydrogen-bond acceptors (Lipinski definition) is 5. The summed E-state index contributed by atoms with van der Waals surface area (Å²) < 4.78 is 59.8. The van der Waals surface area contributed by atoms with Crippen LogP contribution in [0.5, 0.6) is 0 Å². The minimum absolute atomic E-state index is 0.0490. The molecule has 1 aliphatic carbocycles. The normalized spacial score (nSPS) is 14.6. The first-order chi connectivity index (χ1) is 13.4. The first-order valence-electron chi connectivity index (χ1n) is 8.40. The number of halogens is 3. The molecule has 1 aliphatic rings. The van der Waals surface area contributed by atoms with Crippen molar-refractivity contribution in [3.63, 3.8) is 0 Å². The predicted molar refractivity (Wildman–Crippen MR) is 96.9 cm³/mol. The maximum absolute atomic E-state index is 14.1. The Hall–Kier alpha value is -2.36. The summed E-state index contributed by atoms with van der Waals surface area (Å²) in [5.74, 6) is -1.79. The summed E-state index contributed by atoms with van der Waals surface area (Å²) in [6, 6.07) is 8.93. The number of nitrogens with zero attached hydrogens (tertiary/aromatic N) is 3. The van der Waals surface area contributed by atoms with Gasteiger partial charge >= 0.3 is 0 Å². The van der Waals surface area contributed by atoms with Gasteiger partial charge in [-0.25, -0.2) is 17.2 Å². The molecule has 3 aromatic rings. The van der Waals surface area contributed by atoms with Crippen LogP contribution in [-0.4, -0.2) is 29.0 Å². The Balaban J connectivity index is 1.64. The maximum atomic E-state index is 14.1. The lowest BCUT2D eigenvalue weighted by atomic mass is 10.2. The second-order valence-electron chi connectivity index (χ2n) is 6.34. The lowest BCUT2D eigenvalue weighted by Gasteiger charge is -2.20. The second kappa shape index (κ2) is 7.23. The SMILES string of the molecule is O=S(=O)(c1ccc(F)cc1F)N(Cc1nnc(-c2ccccc2Cl)o1)C1CC1. The first-order valence-corrected chi connectivity index (χ1v) is 10.2. The monoisotopic (exact) mass is 425 g/mol. The molecule has 1 fully saturated rings. The van der Waals surface area contributed by atoms with E-state index in [4.69, 9.17) is 16.0 Å². The molecule has 1 heterocycles. The van der Waals surface area contributed by atoms with Gasteiger partial charge < -0.3 is 4.42 Å². The quantitative estimate of drug-likeness (QED) is 0.596. The molecule has 0 atom stereocenters. The molecule has 0 bridgehead atoms. The van der Waals surface area contributed by atoms with Crippen LogP contribution in [0.25, 0.3) is 11.5 Å². The zero-order chi connectivity index (χ0) is 19.9. The smallest absolute Gasteiger partial charge is 0.249 e. The van der Waals surface area contributed by atoms with E-state index >= 15 is 0 Å². The molecule has 2 aromatic carbocycles. The highest BCUT2D eigenvalue weighted by atomic mass is 35.5. The van der Waals surface area contributed by atoms with Gasteiger partial charge in [0.25, 0.3) is 0 Å². The zero-order valence-electron chi connectivity index (χ0n) is 14.3. The van der Waals surface area contributed by atoms with Crippen molar-refractivity contribution in [3.05, 3.63) is 65.0 Å². The number of benzene rings is 2. The predicted octanol–water partition coefficient (Wildman–Crippen LogP) is 4.02. The van der Waals surface area contributed by atoms with Gasteiger partial charge in [-0.3, -0.25) is 0 Å². The fourth-order valence-electron chi connectivity index (χ4n) is 2.78. The standard InChI is InChI=1S/C18H14ClF2N3O3S/c19-14-4-2-1-3-13(14)18-23-22-17(27-18)10-24(12-6-7-12)28(25,26)16-8-5-11(20)9-15(16)21/h1-5,8-9,12H,6-7,10H2. The highest BCUT2D eigenvalue weighted by molar-refractivity contribution is 7.89. The lowest BCUT2D eigenvalue weighted by Crippen LogP contribution is -2.33. The Labute approximate surface area is 164 Å². The first kappa shape index (κ1) is 19.0. The van der Waals surface area contributed by atoms with E-state index < -0.39 is 26.6 Å². The average Bonchev–Trinajstić information content (AvgIpc) is 3.37. The summed E-state index contributed by atoms with van der Waals surface area (Å²) in [6.07, 6.45) is 1.26. The molecule has 6 nitrogen and oxygen atoms in total. The summed E-state index contributed by atoms with van der Waals surface area (Å²) in [6.45, 7) is -0.221. The third-order valence-corrected chi connectivity index (χ3v) is 6.56. The molecule has 0 saturated heterocycles. The average molecular weight is 426 g/mol. The molecule has 28 heavy (non-hydrogen) atoms. The van der Waals surface area contributed by atoms with Crippen molar-refractivity contribution in [2.24, 2.45) is 0 Å². The van der Waals surface area contributed by atoms with Crippen molar-refractivity contribution in [3.8, 4) is 11.5 Å². The van der Waals surface area contributed by atoms with E-state index in [1.54, 1.807) is 24.3 Å². The minimum Gasteiger partial charge on any atom is -0.419 e. The van der Waals surface area contributed by atoms with Crippen LogP contribution in [0.3, 0.4) is 0 Å². The van der Waals surface area contributed by atoms with Crippen LogP contribution in [0, 0.1) is 11.6 Å². The Bertz CT molecular complexity index is 1130. The van der Waals surface area contributed by atoms with Gasteiger partial charge in [0.1, 0.15) is 16.5 Å². The summed E-state index contributed by atoms with van der Waals surface area (Å²) in [5, 5.41) is 8.22. The van der Waals surface area contributed by atoms with Gasteiger partial charge in [-0.2, -0.15) is 4.31 Å². The molecular formula is C18H14ClF2N3O3S. The van der Waals surface area contributed by atoms with Crippen LogP contribution in [0.4, 0.5) is 8.78 Å². The van der Waals surface area contributed by atoms with Crippen LogP contribution < -0.4 is 0 Å². The fraction of sp³-hybridized carbons (Fsp3) is 0.222. The van der Waals surface area contributed by atoms with Crippen molar-refractivity contribution < 1.29 is 21.6 Å². The highest BCUT2D eigenvalue weighted by Crippen LogP contribution is 2.35. The van der Waals surface area contributed by atoms with Gasteiger partial charge in [-0.05, 0) is 37.1 Å². The van der Waals surface area contributed by atoms with E-state index in [9.17, 15) is 17.2 Å². The lowest BCUT2D eigenvalue weighted by molar-refractivity contribution is 0.349. The third kappa shape index (κ3) is 3.65. The Morgan fingerprint density at radius 2 is 1.89 bits per heavy atom. The molecule has 146 valence electrons. The van der Waals surface area contributed by atoms with E-state index in [0.717, 1.165) is 16.4 Å². The molecule has 0 radical (unpaired) electrons. The molecule has 10 heteroatoms. The van der Waals surface area contributed by atoms with Crippen LogP contribution in [0.15, 0.2) is 51.8 Å². The van der Waals surface area contributed by atoms with Gasteiger partial charge in [-0.1, -0.05) is 23.7 Å². The highest BCUT2D eigenvalue weighted by Gasteiger charge is 2.40. The number of aromatic nitrogens is 2. The molecule has 0 aliphatic heterocycles. The van der Waals surface area contributed by atoms with Gasteiger partial charge in [0.05, 0.1) is 17.1 Å². The largest absolute Gasteiger partial charge is 0.419 e. The fourth-order valence-corrected chi connectivity index (χ4v) is 4.68. The molecule has 0 amide bonds. The summed E-state index contributed by atoms with van der Waals surface area (Å²) in [4.78, 5) is -0.591. The van der Waals surface area contributed by atoms with Gasteiger partial charge in [0.2, 0.25) is 21.8 Å². The van der Waals surface area contributed by atoms with Crippen molar-refractivity contribution in [2.75, 3.05) is 0 Å². The third-order valence-electron chi connectivity index (χ3n) is 4.30. The number of rotatable bonds is 6. The maximum Gasteiger partial charge on any atom is 0.249 e. The summed E-state index contributed by atoms with van der Waals surface area (Å²) in [5.41, 5.74) is 0.522. The van der Waals surface area contributed by atoms with E-state index in [1.807, 2.05) is 0 Å². The van der Waals surface area contributed by atoms with E-state index in [0.29, 0.717) is 29.5 Å². The van der Waals surface area contributed by atoms with Crippen LogP contribution in [0.2, 0.25) is 5.02 Å². The molecule has 0 N–H and O–H groups in total. The minimum atomic E-state index is -4.21. The van der Waals surface area contributed by atoms with Gasteiger partial charge in [0, 0.05) is 12.1 Å². The number of hydrogen-bond donors (Lipinski definition) is 0. The molecular weight excluding hydrogens is 412 g/mol. The topological polar surface area (TPSA) is 76.3 Å². The summed E-state index contributed by atoms with van der Waals surface area (Å²) >= 11 is 6.11. The van der Waals surface area contributed by atoms with Gasteiger partial charge in [-0.15, -0.1) is 10.2 Å². The van der Waals surface area contributed by atoms with Crippen molar-refractivity contribution >= 4 is 21.6 Å². The van der Waals surface area contributed by atoms with Crippen LogP contribution in [-0.2, 0) is 16.6 Å².